The summed E-state index contributed by atoms with van der Waals surface area (Å²) in [5.74, 6) is 0.479. The molecule has 0 atom stereocenters. The van der Waals surface area contributed by atoms with E-state index in [1.54, 1.807) is 17.0 Å². The van der Waals surface area contributed by atoms with Gasteiger partial charge in [0.2, 0.25) is 10.0 Å². The first-order valence-corrected chi connectivity index (χ1v) is 9.60. The predicted octanol–water partition coefficient (Wildman–Crippen LogP) is 1.64. The average Bonchev–Trinajstić information content (AvgIpc) is 2.60. The van der Waals surface area contributed by atoms with Crippen LogP contribution in [0.5, 0.6) is 0 Å². The summed E-state index contributed by atoms with van der Waals surface area (Å²) < 4.78 is 26.7. The SMILES string of the molecule is C=CCNS(=O)(=O)c1cccc(C(=O)N2CCC(CNC)CC2)c1.Cl. The number of piperidine rings is 1. The Morgan fingerprint density at radius 3 is 2.64 bits per heavy atom. The van der Waals surface area contributed by atoms with Crippen molar-refractivity contribution in [1.82, 2.24) is 14.9 Å². The smallest absolute Gasteiger partial charge is 0.253 e. The van der Waals surface area contributed by atoms with Crippen LogP contribution >= 0.6 is 12.4 Å². The summed E-state index contributed by atoms with van der Waals surface area (Å²) in [6.07, 6.45) is 3.40. The Kier molecular flexibility index (Phi) is 8.58. The van der Waals surface area contributed by atoms with Gasteiger partial charge in [0.25, 0.3) is 5.91 Å². The highest BCUT2D eigenvalue weighted by molar-refractivity contribution is 7.89. The maximum Gasteiger partial charge on any atom is 0.253 e. The minimum atomic E-state index is -3.63. The summed E-state index contributed by atoms with van der Waals surface area (Å²) in [5.41, 5.74) is 0.406. The lowest BCUT2D eigenvalue weighted by molar-refractivity contribution is 0.0690. The normalized spacial score (nSPS) is 15.5. The van der Waals surface area contributed by atoms with Gasteiger partial charge in [-0.15, -0.1) is 19.0 Å². The van der Waals surface area contributed by atoms with Crippen molar-refractivity contribution in [1.29, 1.82) is 0 Å². The third-order valence-electron chi connectivity index (χ3n) is 4.20. The van der Waals surface area contributed by atoms with Gasteiger partial charge in [0, 0.05) is 25.2 Å². The molecule has 25 heavy (non-hydrogen) atoms. The monoisotopic (exact) mass is 387 g/mol. The average molecular weight is 388 g/mol. The quantitative estimate of drug-likeness (QED) is 0.697. The zero-order valence-corrected chi connectivity index (χ0v) is 16.0. The van der Waals surface area contributed by atoms with E-state index in [-0.39, 0.29) is 29.8 Å². The number of likely N-dealkylation sites (tertiary alicyclic amines) is 1. The second-order valence-electron chi connectivity index (χ2n) is 5.96. The van der Waals surface area contributed by atoms with Gasteiger partial charge in [-0.05, 0) is 50.6 Å². The molecule has 0 unspecified atom stereocenters. The van der Waals surface area contributed by atoms with Crippen molar-refractivity contribution in [3.63, 3.8) is 0 Å². The predicted molar refractivity (Wildman–Crippen MR) is 102 cm³/mol. The summed E-state index contributed by atoms with van der Waals surface area (Å²) in [6, 6.07) is 6.19. The van der Waals surface area contributed by atoms with Gasteiger partial charge in [-0.1, -0.05) is 12.1 Å². The maximum atomic E-state index is 12.6. The van der Waals surface area contributed by atoms with E-state index < -0.39 is 10.0 Å². The van der Waals surface area contributed by atoms with Gasteiger partial charge in [0.15, 0.2) is 0 Å². The minimum absolute atomic E-state index is 0. The largest absolute Gasteiger partial charge is 0.339 e. The van der Waals surface area contributed by atoms with Crippen LogP contribution < -0.4 is 10.0 Å². The third-order valence-corrected chi connectivity index (χ3v) is 5.62. The fourth-order valence-electron chi connectivity index (χ4n) is 2.86. The van der Waals surface area contributed by atoms with Crippen LogP contribution in [0.25, 0.3) is 0 Å². The van der Waals surface area contributed by atoms with E-state index in [9.17, 15) is 13.2 Å². The van der Waals surface area contributed by atoms with Crippen LogP contribution in [0.1, 0.15) is 23.2 Å². The van der Waals surface area contributed by atoms with Crippen LogP contribution in [0.15, 0.2) is 41.8 Å². The second-order valence-corrected chi connectivity index (χ2v) is 7.73. The fourth-order valence-corrected chi connectivity index (χ4v) is 3.90. The first-order valence-electron chi connectivity index (χ1n) is 8.12. The molecule has 0 spiro atoms. The molecule has 1 aromatic rings. The highest BCUT2D eigenvalue weighted by atomic mass is 35.5. The minimum Gasteiger partial charge on any atom is -0.339 e. The van der Waals surface area contributed by atoms with Crippen molar-refractivity contribution in [3.05, 3.63) is 42.5 Å². The molecule has 1 heterocycles. The molecule has 0 bridgehead atoms. The Bertz CT molecular complexity index is 686. The van der Waals surface area contributed by atoms with E-state index >= 15 is 0 Å². The van der Waals surface area contributed by atoms with Gasteiger partial charge in [-0.25, -0.2) is 13.1 Å². The molecule has 0 aliphatic carbocycles. The molecule has 0 saturated carbocycles. The number of amides is 1. The van der Waals surface area contributed by atoms with E-state index in [0.717, 1.165) is 19.4 Å². The summed E-state index contributed by atoms with van der Waals surface area (Å²) >= 11 is 0. The van der Waals surface area contributed by atoms with Crippen LogP contribution in [0, 0.1) is 5.92 Å². The van der Waals surface area contributed by atoms with E-state index in [1.165, 1.54) is 18.2 Å². The summed E-state index contributed by atoms with van der Waals surface area (Å²) in [7, 11) is -1.69. The Balaban J connectivity index is 0.00000312. The zero-order chi connectivity index (χ0) is 17.6. The molecule has 2 rings (SSSR count). The Morgan fingerprint density at radius 1 is 1.36 bits per heavy atom. The first kappa shape index (κ1) is 21.6. The topological polar surface area (TPSA) is 78.5 Å². The van der Waals surface area contributed by atoms with Gasteiger partial charge in [-0.2, -0.15) is 0 Å². The van der Waals surface area contributed by atoms with Crippen molar-refractivity contribution >= 4 is 28.3 Å². The van der Waals surface area contributed by atoms with E-state index in [0.29, 0.717) is 24.6 Å². The van der Waals surface area contributed by atoms with E-state index in [2.05, 4.69) is 16.6 Å². The number of sulfonamides is 1. The van der Waals surface area contributed by atoms with Crippen molar-refractivity contribution in [2.75, 3.05) is 33.2 Å². The molecular weight excluding hydrogens is 362 g/mol. The molecule has 1 amide bonds. The first-order chi connectivity index (χ1) is 11.5. The molecule has 1 fully saturated rings. The number of carbonyl (C=O) groups is 1. The second kappa shape index (κ2) is 9.91. The lowest BCUT2D eigenvalue weighted by atomic mass is 9.96. The Morgan fingerprint density at radius 2 is 2.04 bits per heavy atom. The summed E-state index contributed by atoms with van der Waals surface area (Å²) in [6.45, 7) is 6.02. The molecule has 1 aliphatic rings. The van der Waals surface area contributed by atoms with Crippen LogP contribution in [-0.2, 0) is 10.0 Å². The van der Waals surface area contributed by atoms with Gasteiger partial charge >= 0.3 is 0 Å². The molecule has 0 radical (unpaired) electrons. The van der Waals surface area contributed by atoms with E-state index in [4.69, 9.17) is 0 Å². The molecule has 6 nitrogen and oxygen atoms in total. The highest BCUT2D eigenvalue weighted by Crippen LogP contribution is 2.19. The Hall–Kier alpha value is -1.41. The summed E-state index contributed by atoms with van der Waals surface area (Å²) in [4.78, 5) is 14.5. The molecule has 1 aromatic carbocycles. The van der Waals surface area contributed by atoms with Gasteiger partial charge < -0.3 is 10.2 Å². The zero-order valence-electron chi connectivity index (χ0n) is 14.4. The van der Waals surface area contributed by atoms with Crippen molar-refractivity contribution in [3.8, 4) is 0 Å². The molecule has 0 aromatic heterocycles. The third kappa shape index (κ3) is 5.81. The summed E-state index contributed by atoms with van der Waals surface area (Å²) in [5, 5.41) is 3.17. The van der Waals surface area contributed by atoms with Crippen LogP contribution in [0.3, 0.4) is 0 Å². The van der Waals surface area contributed by atoms with Crippen molar-refractivity contribution < 1.29 is 13.2 Å². The van der Waals surface area contributed by atoms with Crippen LogP contribution in [-0.4, -0.2) is 52.5 Å². The number of hydrogen-bond donors (Lipinski definition) is 2. The number of halogens is 1. The molecular formula is C17H26ClN3O3S. The van der Waals surface area contributed by atoms with Crippen molar-refractivity contribution in [2.24, 2.45) is 5.92 Å². The highest BCUT2D eigenvalue weighted by Gasteiger charge is 2.24. The molecule has 140 valence electrons. The standard InChI is InChI=1S/C17H25N3O3S.ClH/c1-3-9-19-24(22,23)16-6-4-5-15(12-16)17(21)20-10-7-14(8-11-20)13-18-2;/h3-6,12,14,18-19H,1,7-11,13H2,2H3;1H. The lowest BCUT2D eigenvalue weighted by Crippen LogP contribution is -2.40. The molecule has 8 heteroatoms. The lowest BCUT2D eigenvalue weighted by Gasteiger charge is -2.32. The molecule has 2 N–H and O–H groups in total. The number of benzene rings is 1. The fraction of sp³-hybridized carbons (Fsp3) is 0.471. The van der Waals surface area contributed by atoms with Crippen LogP contribution in [0.4, 0.5) is 0 Å². The number of hydrogen-bond acceptors (Lipinski definition) is 4. The van der Waals surface area contributed by atoms with Gasteiger partial charge in [0.1, 0.15) is 0 Å². The van der Waals surface area contributed by atoms with Gasteiger partial charge in [0.05, 0.1) is 4.90 Å². The maximum absolute atomic E-state index is 12.6. The number of nitrogens with zero attached hydrogens (tertiary/aromatic N) is 1. The van der Waals surface area contributed by atoms with Gasteiger partial charge in [-0.3, -0.25) is 4.79 Å². The van der Waals surface area contributed by atoms with E-state index in [1.807, 2.05) is 7.05 Å². The van der Waals surface area contributed by atoms with Crippen LogP contribution in [0.2, 0.25) is 0 Å². The number of carbonyl (C=O) groups excluding carboxylic acids is 1. The number of rotatable bonds is 7. The molecule has 1 aliphatic heterocycles. The number of nitrogens with one attached hydrogen (secondary N) is 2. The van der Waals surface area contributed by atoms with Crippen molar-refractivity contribution in [2.45, 2.75) is 17.7 Å². The Labute approximate surface area is 156 Å². The molecule has 1 saturated heterocycles.